The largest absolute Gasteiger partial charge is 0.356 e. The van der Waals surface area contributed by atoms with Crippen molar-refractivity contribution < 1.29 is 9.59 Å². The first kappa shape index (κ1) is 15.2. The minimum Gasteiger partial charge on any atom is -0.356 e. The Morgan fingerprint density at radius 2 is 2.12 bits per heavy atom. The fourth-order valence-corrected chi connectivity index (χ4v) is 1.62. The number of nitrogens with one attached hydrogen (secondary N) is 3. The van der Waals surface area contributed by atoms with E-state index in [0.717, 1.165) is 19.4 Å². The molecule has 0 aliphatic carbocycles. The normalized spacial score (nSPS) is 18.7. The molecule has 0 aromatic heterocycles. The van der Waals surface area contributed by atoms with Gasteiger partial charge in [0.2, 0.25) is 11.8 Å². The fourth-order valence-electron chi connectivity index (χ4n) is 1.62. The van der Waals surface area contributed by atoms with Crippen LogP contribution in [0.3, 0.4) is 0 Å². The maximum Gasteiger partial charge on any atom is 0.237 e. The number of halogens is 1. The molecule has 1 rings (SSSR count). The molecule has 1 aliphatic heterocycles. The molecule has 6 heteroatoms. The summed E-state index contributed by atoms with van der Waals surface area (Å²) < 4.78 is 0. The molecule has 3 N–H and O–H groups in total. The second-order valence-electron chi connectivity index (χ2n) is 3.64. The van der Waals surface area contributed by atoms with Crippen molar-refractivity contribution in [2.45, 2.75) is 32.2 Å². The lowest BCUT2D eigenvalue weighted by Gasteiger charge is -2.10. The molecule has 2 amide bonds. The Morgan fingerprint density at radius 3 is 2.69 bits per heavy atom. The van der Waals surface area contributed by atoms with Crippen molar-refractivity contribution in [2.24, 2.45) is 0 Å². The van der Waals surface area contributed by atoms with Crippen LogP contribution in [0.25, 0.3) is 0 Å². The molecule has 1 aliphatic rings. The van der Waals surface area contributed by atoms with Crippen molar-refractivity contribution in [3.05, 3.63) is 0 Å². The lowest BCUT2D eigenvalue weighted by Crippen LogP contribution is -2.41. The van der Waals surface area contributed by atoms with E-state index in [1.54, 1.807) is 0 Å². The molecule has 1 heterocycles. The standard InChI is InChI=1S/C10H19N3O2.ClH/c1-2-11-9(14)5-7-13-10(15)8-4-3-6-12-8;/h8,12H,2-7H2,1H3,(H,11,14)(H,13,15);1H. The van der Waals surface area contributed by atoms with Gasteiger partial charge in [0.1, 0.15) is 0 Å². The zero-order chi connectivity index (χ0) is 11.1. The molecule has 1 unspecified atom stereocenters. The van der Waals surface area contributed by atoms with Gasteiger partial charge in [0.25, 0.3) is 0 Å². The number of amides is 2. The average Bonchev–Trinajstić information content (AvgIpc) is 2.70. The molecule has 1 atom stereocenters. The summed E-state index contributed by atoms with van der Waals surface area (Å²) in [5.41, 5.74) is 0. The highest BCUT2D eigenvalue weighted by Gasteiger charge is 2.21. The molecule has 1 saturated heterocycles. The van der Waals surface area contributed by atoms with Gasteiger partial charge in [-0.15, -0.1) is 12.4 Å². The smallest absolute Gasteiger partial charge is 0.237 e. The van der Waals surface area contributed by atoms with E-state index in [1.165, 1.54) is 0 Å². The first-order chi connectivity index (χ1) is 7.24. The van der Waals surface area contributed by atoms with Crippen LogP contribution in [0.15, 0.2) is 0 Å². The van der Waals surface area contributed by atoms with Crippen LogP contribution in [-0.4, -0.2) is 37.5 Å². The van der Waals surface area contributed by atoms with E-state index in [2.05, 4.69) is 16.0 Å². The van der Waals surface area contributed by atoms with E-state index < -0.39 is 0 Å². The SMILES string of the molecule is CCNC(=O)CCNC(=O)C1CCCN1.Cl. The lowest BCUT2D eigenvalue weighted by molar-refractivity contribution is -0.123. The van der Waals surface area contributed by atoms with Crippen LogP contribution < -0.4 is 16.0 Å². The van der Waals surface area contributed by atoms with Crippen LogP contribution in [0.4, 0.5) is 0 Å². The highest BCUT2D eigenvalue weighted by molar-refractivity contribution is 5.85. The van der Waals surface area contributed by atoms with Crippen LogP contribution in [0.2, 0.25) is 0 Å². The van der Waals surface area contributed by atoms with Crippen LogP contribution in [0.5, 0.6) is 0 Å². The Balaban J connectivity index is 0.00000225. The quantitative estimate of drug-likeness (QED) is 0.632. The number of rotatable bonds is 5. The van der Waals surface area contributed by atoms with E-state index in [0.29, 0.717) is 19.5 Å². The van der Waals surface area contributed by atoms with Crippen molar-refractivity contribution in [2.75, 3.05) is 19.6 Å². The minimum atomic E-state index is -0.0563. The Kier molecular flexibility index (Phi) is 7.93. The Hall–Kier alpha value is -0.810. The fraction of sp³-hybridized carbons (Fsp3) is 0.800. The maximum absolute atomic E-state index is 11.5. The maximum atomic E-state index is 11.5. The molecule has 0 aromatic carbocycles. The molecule has 0 saturated carbocycles. The van der Waals surface area contributed by atoms with E-state index in [4.69, 9.17) is 0 Å². The zero-order valence-electron chi connectivity index (χ0n) is 9.54. The number of hydrogen-bond acceptors (Lipinski definition) is 3. The van der Waals surface area contributed by atoms with Crippen LogP contribution in [0.1, 0.15) is 26.2 Å². The second kappa shape index (κ2) is 8.35. The van der Waals surface area contributed by atoms with Gasteiger partial charge in [-0.2, -0.15) is 0 Å². The predicted molar refractivity (Wildman–Crippen MR) is 64.6 cm³/mol. The highest BCUT2D eigenvalue weighted by Crippen LogP contribution is 2.04. The summed E-state index contributed by atoms with van der Waals surface area (Å²) in [6, 6.07) is -0.0563. The molecule has 0 aromatic rings. The van der Waals surface area contributed by atoms with Crippen molar-refractivity contribution in [1.82, 2.24) is 16.0 Å². The summed E-state index contributed by atoms with van der Waals surface area (Å²) in [6.45, 7) is 3.84. The van der Waals surface area contributed by atoms with Gasteiger partial charge >= 0.3 is 0 Å². The third kappa shape index (κ3) is 5.32. The second-order valence-corrected chi connectivity index (χ2v) is 3.64. The monoisotopic (exact) mass is 249 g/mol. The number of hydrogen-bond donors (Lipinski definition) is 3. The van der Waals surface area contributed by atoms with E-state index in [1.807, 2.05) is 6.92 Å². The lowest BCUT2D eigenvalue weighted by atomic mass is 10.2. The Bertz CT molecular complexity index is 230. The van der Waals surface area contributed by atoms with Gasteiger partial charge < -0.3 is 16.0 Å². The summed E-state index contributed by atoms with van der Waals surface area (Å²) in [5.74, 6) is -0.00557. The van der Waals surface area contributed by atoms with Crippen LogP contribution >= 0.6 is 12.4 Å². The predicted octanol–water partition coefficient (Wildman–Crippen LogP) is -0.197. The molecule has 5 nitrogen and oxygen atoms in total. The third-order valence-electron chi connectivity index (χ3n) is 2.40. The Labute approximate surface area is 102 Å². The van der Waals surface area contributed by atoms with Gasteiger partial charge in [-0.3, -0.25) is 9.59 Å². The van der Waals surface area contributed by atoms with Crippen molar-refractivity contribution in [3.8, 4) is 0 Å². The average molecular weight is 250 g/mol. The molecular weight excluding hydrogens is 230 g/mol. The van der Waals surface area contributed by atoms with Crippen LogP contribution in [0, 0.1) is 0 Å². The van der Waals surface area contributed by atoms with E-state index in [9.17, 15) is 9.59 Å². The van der Waals surface area contributed by atoms with Gasteiger partial charge in [-0.05, 0) is 26.3 Å². The Morgan fingerprint density at radius 1 is 1.38 bits per heavy atom. The van der Waals surface area contributed by atoms with E-state index in [-0.39, 0.29) is 30.3 Å². The number of carbonyl (C=O) groups is 2. The molecular formula is C10H20ClN3O2. The van der Waals surface area contributed by atoms with Gasteiger partial charge in [0.05, 0.1) is 6.04 Å². The zero-order valence-corrected chi connectivity index (χ0v) is 10.4. The first-order valence-electron chi connectivity index (χ1n) is 5.52. The minimum absolute atomic E-state index is 0. The van der Waals surface area contributed by atoms with Gasteiger partial charge in [0, 0.05) is 19.5 Å². The molecule has 0 radical (unpaired) electrons. The van der Waals surface area contributed by atoms with E-state index >= 15 is 0 Å². The summed E-state index contributed by atoms with van der Waals surface area (Å²) in [5, 5.41) is 8.54. The molecule has 0 spiro atoms. The molecule has 16 heavy (non-hydrogen) atoms. The van der Waals surface area contributed by atoms with Crippen LogP contribution in [-0.2, 0) is 9.59 Å². The van der Waals surface area contributed by atoms with Crippen molar-refractivity contribution >= 4 is 24.2 Å². The summed E-state index contributed by atoms with van der Waals surface area (Å²) >= 11 is 0. The summed E-state index contributed by atoms with van der Waals surface area (Å²) in [7, 11) is 0. The third-order valence-corrected chi connectivity index (χ3v) is 2.40. The summed E-state index contributed by atoms with van der Waals surface area (Å²) in [6.07, 6.45) is 2.30. The van der Waals surface area contributed by atoms with Crippen molar-refractivity contribution in [1.29, 1.82) is 0 Å². The summed E-state index contributed by atoms with van der Waals surface area (Å²) in [4.78, 5) is 22.5. The number of carbonyl (C=O) groups excluding carboxylic acids is 2. The first-order valence-corrected chi connectivity index (χ1v) is 5.52. The van der Waals surface area contributed by atoms with Gasteiger partial charge in [-0.25, -0.2) is 0 Å². The van der Waals surface area contributed by atoms with Gasteiger partial charge in [0.15, 0.2) is 0 Å². The van der Waals surface area contributed by atoms with Crippen molar-refractivity contribution in [3.63, 3.8) is 0 Å². The highest BCUT2D eigenvalue weighted by atomic mass is 35.5. The molecule has 1 fully saturated rings. The molecule has 0 bridgehead atoms. The topological polar surface area (TPSA) is 70.2 Å². The van der Waals surface area contributed by atoms with Gasteiger partial charge in [-0.1, -0.05) is 0 Å². The molecule has 94 valence electrons.